The van der Waals surface area contributed by atoms with E-state index in [-0.39, 0.29) is 23.6 Å². The minimum Gasteiger partial charge on any atom is -0.348 e. The highest BCUT2D eigenvalue weighted by atomic mass is 32.2. The van der Waals surface area contributed by atoms with Gasteiger partial charge in [-0.2, -0.15) is 11.8 Å². The first-order valence-corrected chi connectivity index (χ1v) is 9.13. The molecule has 0 aromatic carbocycles. The van der Waals surface area contributed by atoms with Crippen LogP contribution in [0, 0.1) is 6.92 Å². The van der Waals surface area contributed by atoms with Gasteiger partial charge in [-0.05, 0) is 56.7 Å². The lowest BCUT2D eigenvalue weighted by molar-refractivity contribution is 0.0938. The quantitative estimate of drug-likeness (QED) is 0.881. The number of aryl methyl sites for hydroxylation is 1. The lowest BCUT2D eigenvalue weighted by Crippen LogP contribution is -2.41. The molecule has 0 aliphatic carbocycles. The van der Waals surface area contributed by atoms with Crippen molar-refractivity contribution >= 4 is 17.7 Å². The van der Waals surface area contributed by atoms with E-state index in [2.05, 4.69) is 10.6 Å². The fourth-order valence-electron chi connectivity index (χ4n) is 3.20. The molecule has 0 saturated carbocycles. The number of carbonyl (C=O) groups excluding carboxylic acids is 1. The molecule has 1 atom stereocenters. The van der Waals surface area contributed by atoms with Crippen LogP contribution in [0.3, 0.4) is 0 Å². The minimum atomic E-state index is -0.210. The number of hydrogen-bond donors (Lipinski definition) is 2. The van der Waals surface area contributed by atoms with Gasteiger partial charge in [-0.25, -0.2) is 0 Å². The summed E-state index contributed by atoms with van der Waals surface area (Å²) in [5, 5.41) is 6.33. The Kier molecular flexibility index (Phi) is 4.88. The monoisotopic (exact) mass is 321 g/mol. The summed E-state index contributed by atoms with van der Waals surface area (Å²) in [5.41, 5.74) is 0.936. The maximum absolute atomic E-state index is 12.8. The second kappa shape index (κ2) is 6.87. The van der Waals surface area contributed by atoms with Crippen LogP contribution < -0.4 is 16.2 Å². The molecule has 1 aromatic rings. The molecule has 3 heterocycles. The molecule has 5 nitrogen and oxygen atoms in total. The number of pyridine rings is 1. The topological polar surface area (TPSA) is 63.1 Å². The van der Waals surface area contributed by atoms with Crippen molar-refractivity contribution in [2.24, 2.45) is 0 Å². The van der Waals surface area contributed by atoms with E-state index < -0.39 is 0 Å². The van der Waals surface area contributed by atoms with Crippen LogP contribution in [0.2, 0.25) is 0 Å². The van der Waals surface area contributed by atoms with Crippen LogP contribution in [0.15, 0.2) is 17.1 Å². The zero-order chi connectivity index (χ0) is 15.5. The Morgan fingerprint density at radius 3 is 2.82 bits per heavy atom. The fraction of sp³-hybridized carbons (Fsp3) is 0.625. The molecule has 2 N–H and O–H groups in total. The van der Waals surface area contributed by atoms with Gasteiger partial charge in [0.05, 0.1) is 0 Å². The number of rotatable bonds is 3. The van der Waals surface area contributed by atoms with Crippen molar-refractivity contribution in [1.29, 1.82) is 0 Å². The summed E-state index contributed by atoms with van der Waals surface area (Å²) in [6.07, 6.45) is 4.70. The first kappa shape index (κ1) is 15.6. The second-order valence-corrected chi connectivity index (χ2v) is 7.25. The summed E-state index contributed by atoms with van der Waals surface area (Å²) in [4.78, 5) is 25.3. The van der Waals surface area contributed by atoms with E-state index >= 15 is 0 Å². The average molecular weight is 321 g/mol. The molecular weight excluding hydrogens is 298 g/mol. The highest BCUT2D eigenvalue weighted by Gasteiger charge is 2.24. The van der Waals surface area contributed by atoms with E-state index in [0.717, 1.165) is 49.4 Å². The first-order valence-electron chi connectivity index (χ1n) is 7.98. The molecule has 0 spiro atoms. The van der Waals surface area contributed by atoms with Crippen LogP contribution in [-0.4, -0.2) is 41.1 Å². The second-order valence-electron chi connectivity index (χ2n) is 6.10. The van der Waals surface area contributed by atoms with Crippen LogP contribution in [0.25, 0.3) is 0 Å². The Bertz CT molecular complexity index is 602. The van der Waals surface area contributed by atoms with Gasteiger partial charge < -0.3 is 15.2 Å². The lowest BCUT2D eigenvalue weighted by Gasteiger charge is -2.25. The third-order valence-electron chi connectivity index (χ3n) is 4.52. The maximum atomic E-state index is 12.8. The molecule has 1 amide bonds. The molecule has 2 aliphatic heterocycles. The summed E-state index contributed by atoms with van der Waals surface area (Å²) >= 11 is 1.85. The number of thioether (sulfide) groups is 1. The SMILES string of the molecule is Cc1ccn(C2CCNCC2)c(=O)c1C(=O)NC1CCSC1. The van der Waals surface area contributed by atoms with Crippen LogP contribution >= 0.6 is 11.8 Å². The summed E-state index contributed by atoms with van der Waals surface area (Å²) in [6.45, 7) is 3.68. The van der Waals surface area contributed by atoms with Crippen LogP contribution in [0.4, 0.5) is 0 Å². The number of carbonyl (C=O) groups is 1. The Balaban J connectivity index is 1.86. The normalized spacial score (nSPS) is 22.7. The van der Waals surface area contributed by atoms with Crippen molar-refractivity contribution in [2.75, 3.05) is 24.6 Å². The molecule has 120 valence electrons. The Morgan fingerprint density at radius 1 is 1.36 bits per heavy atom. The van der Waals surface area contributed by atoms with Gasteiger partial charge in [0, 0.05) is 24.0 Å². The summed E-state index contributed by atoms with van der Waals surface area (Å²) in [6, 6.07) is 2.29. The van der Waals surface area contributed by atoms with Crippen LogP contribution in [0.5, 0.6) is 0 Å². The molecule has 2 aliphatic rings. The number of aromatic nitrogens is 1. The van der Waals surface area contributed by atoms with E-state index in [1.807, 2.05) is 30.9 Å². The van der Waals surface area contributed by atoms with Crippen molar-refractivity contribution in [3.63, 3.8) is 0 Å². The van der Waals surface area contributed by atoms with Gasteiger partial charge >= 0.3 is 0 Å². The van der Waals surface area contributed by atoms with Gasteiger partial charge in [0.2, 0.25) is 0 Å². The van der Waals surface area contributed by atoms with E-state index in [4.69, 9.17) is 0 Å². The standard InChI is InChI=1S/C16H23N3O2S/c1-11-4-8-19(13-2-6-17-7-3-13)16(21)14(11)15(20)18-12-5-9-22-10-12/h4,8,12-13,17H,2-3,5-7,9-10H2,1H3,(H,18,20). The smallest absolute Gasteiger partial charge is 0.263 e. The van der Waals surface area contributed by atoms with Gasteiger partial charge in [0.25, 0.3) is 11.5 Å². The lowest BCUT2D eigenvalue weighted by atomic mass is 10.0. The van der Waals surface area contributed by atoms with Crippen molar-refractivity contribution in [1.82, 2.24) is 15.2 Å². The third-order valence-corrected chi connectivity index (χ3v) is 5.68. The largest absolute Gasteiger partial charge is 0.348 e. The number of piperidine rings is 1. The molecular formula is C16H23N3O2S. The van der Waals surface area contributed by atoms with Gasteiger partial charge in [-0.15, -0.1) is 0 Å². The van der Waals surface area contributed by atoms with E-state index in [1.165, 1.54) is 0 Å². The Hall–Kier alpha value is -1.27. The van der Waals surface area contributed by atoms with Crippen LogP contribution in [-0.2, 0) is 0 Å². The molecule has 0 radical (unpaired) electrons. The number of nitrogens with one attached hydrogen (secondary N) is 2. The summed E-state index contributed by atoms with van der Waals surface area (Å²) < 4.78 is 1.76. The molecule has 2 fully saturated rings. The van der Waals surface area contributed by atoms with Crippen molar-refractivity contribution < 1.29 is 4.79 Å². The van der Waals surface area contributed by atoms with Crippen LogP contribution in [0.1, 0.15) is 41.2 Å². The highest BCUT2D eigenvalue weighted by molar-refractivity contribution is 7.99. The van der Waals surface area contributed by atoms with E-state index in [0.29, 0.717) is 5.56 Å². The van der Waals surface area contributed by atoms with E-state index in [9.17, 15) is 9.59 Å². The van der Waals surface area contributed by atoms with Gasteiger partial charge in [0.1, 0.15) is 5.56 Å². The molecule has 3 rings (SSSR count). The predicted molar refractivity (Wildman–Crippen MR) is 89.8 cm³/mol. The molecule has 0 bridgehead atoms. The predicted octanol–water partition coefficient (Wildman–Crippen LogP) is 1.32. The molecule has 22 heavy (non-hydrogen) atoms. The Morgan fingerprint density at radius 2 is 2.14 bits per heavy atom. The zero-order valence-electron chi connectivity index (χ0n) is 12.9. The van der Waals surface area contributed by atoms with Crippen molar-refractivity contribution in [2.45, 2.75) is 38.3 Å². The number of hydrogen-bond acceptors (Lipinski definition) is 4. The maximum Gasteiger partial charge on any atom is 0.263 e. The molecule has 1 aromatic heterocycles. The number of amides is 1. The molecule has 2 saturated heterocycles. The number of nitrogens with zero attached hydrogens (tertiary/aromatic N) is 1. The zero-order valence-corrected chi connectivity index (χ0v) is 13.7. The molecule has 6 heteroatoms. The average Bonchev–Trinajstić information content (AvgIpc) is 3.01. The van der Waals surface area contributed by atoms with E-state index in [1.54, 1.807) is 4.57 Å². The van der Waals surface area contributed by atoms with Gasteiger partial charge in [-0.1, -0.05) is 0 Å². The summed E-state index contributed by atoms with van der Waals surface area (Å²) in [5.74, 6) is 1.82. The minimum absolute atomic E-state index is 0.143. The first-order chi connectivity index (χ1) is 10.7. The van der Waals surface area contributed by atoms with Gasteiger partial charge in [-0.3, -0.25) is 9.59 Å². The van der Waals surface area contributed by atoms with Gasteiger partial charge in [0.15, 0.2) is 0 Å². The molecule has 1 unspecified atom stereocenters. The fourth-order valence-corrected chi connectivity index (χ4v) is 4.35. The Labute approximate surface area is 134 Å². The van der Waals surface area contributed by atoms with Crippen molar-refractivity contribution in [3.05, 3.63) is 33.7 Å². The van der Waals surface area contributed by atoms with Crippen molar-refractivity contribution in [3.8, 4) is 0 Å². The summed E-state index contributed by atoms with van der Waals surface area (Å²) in [7, 11) is 0. The third kappa shape index (κ3) is 3.22. The highest BCUT2D eigenvalue weighted by Crippen LogP contribution is 2.19.